The molecule has 1 N–H and O–H groups in total. The monoisotopic (exact) mass is 566 g/mol. The zero-order valence-electron chi connectivity index (χ0n) is 21.1. The van der Waals surface area contributed by atoms with E-state index in [1.165, 1.54) is 35.7 Å². The van der Waals surface area contributed by atoms with Gasteiger partial charge in [0, 0.05) is 46.7 Å². The molecule has 6 nitrogen and oxygen atoms in total. The summed E-state index contributed by atoms with van der Waals surface area (Å²) >= 11 is 7.74. The number of nitrogens with one attached hydrogen (secondary N) is 1. The van der Waals surface area contributed by atoms with Crippen LogP contribution in [0.2, 0.25) is 0 Å². The van der Waals surface area contributed by atoms with Gasteiger partial charge in [0.25, 0.3) is 11.8 Å². The number of alkyl halides is 1. The fraction of sp³-hybridized carbons (Fsp3) is 0.207. The van der Waals surface area contributed by atoms with E-state index in [4.69, 9.17) is 11.6 Å². The number of thiophene rings is 1. The largest absolute Gasteiger partial charge is 0.385 e. The molecule has 2 aromatic carbocycles. The molecule has 39 heavy (non-hydrogen) atoms. The minimum absolute atomic E-state index is 0.00191. The van der Waals surface area contributed by atoms with Crippen molar-refractivity contribution in [3.63, 3.8) is 0 Å². The number of fused-ring (bicyclic) bond motifs is 1. The second-order valence-corrected chi connectivity index (χ2v) is 10.2. The van der Waals surface area contributed by atoms with E-state index >= 15 is 0 Å². The van der Waals surface area contributed by atoms with Crippen molar-refractivity contribution in [2.45, 2.75) is 25.8 Å². The van der Waals surface area contributed by atoms with Crippen LogP contribution in [-0.4, -0.2) is 35.6 Å². The molecule has 2 aliphatic heterocycles. The Morgan fingerprint density at radius 3 is 2.49 bits per heavy atom. The first-order chi connectivity index (χ1) is 18.9. The molecule has 0 fully saturated rings. The van der Waals surface area contributed by atoms with Gasteiger partial charge in [-0.3, -0.25) is 9.59 Å². The van der Waals surface area contributed by atoms with Crippen LogP contribution in [0.1, 0.15) is 34.8 Å². The van der Waals surface area contributed by atoms with Gasteiger partial charge in [0.15, 0.2) is 0 Å². The zero-order valence-corrected chi connectivity index (χ0v) is 22.7. The van der Waals surface area contributed by atoms with Gasteiger partial charge in [0.1, 0.15) is 22.5 Å². The van der Waals surface area contributed by atoms with Gasteiger partial charge in [-0.05, 0) is 42.8 Å². The maximum Gasteiger partial charge on any atom is 0.269 e. The lowest BCUT2D eigenvalue weighted by atomic mass is 10.0. The van der Waals surface area contributed by atoms with Crippen LogP contribution in [0.4, 0.5) is 19.5 Å². The van der Waals surface area contributed by atoms with E-state index in [0.29, 0.717) is 10.6 Å². The van der Waals surface area contributed by atoms with Gasteiger partial charge < -0.3 is 10.2 Å². The number of hydrogen-bond acceptors (Lipinski definition) is 6. The molecule has 200 valence electrons. The second kappa shape index (κ2) is 11.5. The summed E-state index contributed by atoms with van der Waals surface area (Å²) in [5, 5.41) is 3.68. The van der Waals surface area contributed by atoms with E-state index < -0.39 is 23.4 Å². The van der Waals surface area contributed by atoms with Crippen LogP contribution in [0.5, 0.6) is 0 Å². The average Bonchev–Trinajstić information content (AvgIpc) is 3.04. The third-order valence-electron chi connectivity index (χ3n) is 6.46. The normalized spacial score (nSPS) is 15.2. The molecule has 1 aromatic heterocycles. The number of nitrogens with zero attached hydrogens (tertiary/aromatic N) is 3. The van der Waals surface area contributed by atoms with Crippen LogP contribution in [0.3, 0.4) is 0 Å². The number of amidine groups is 1. The highest BCUT2D eigenvalue weighted by atomic mass is 35.5. The van der Waals surface area contributed by atoms with E-state index in [1.807, 2.05) is 31.2 Å². The number of aliphatic imine (C=N–C) groups is 1. The van der Waals surface area contributed by atoms with E-state index in [0.717, 1.165) is 27.6 Å². The Labute approximate surface area is 233 Å². The standard InChI is InChI=1S/C29H25ClF2N4O2S/c1-2-33-19-12-10-18(11-13-19)27-20(15-30)26-28(38)36(24-9-4-3-5-14-34-24)25(37)17-35(29(26)39-27)16-21-22(31)7-6-8-23(21)32/h3-8,10-14,33H,2,9,15-17H2,1H3. The topological polar surface area (TPSA) is 65.0 Å². The minimum atomic E-state index is -0.729. The molecule has 0 bridgehead atoms. The smallest absolute Gasteiger partial charge is 0.269 e. The van der Waals surface area contributed by atoms with Crippen LogP contribution in [0.15, 0.2) is 71.9 Å². The summed E-state index contributed by atoms with van der Waals surface area (Å²) in [6.45, 7) is 2.26. The van der Waals surface area contributed by atoms with Gasteiger partial charge >= 0.3 is 0 Å². The van der Waals surface area contributed by atoms with Gasteiger partial charge in [-0.1, -0.05) is 30.4 Å². The number of carbonyl (C=O) groups excluding carboxylic acids is 2. The lowest BCUT2D eigenvalue weighted by Gasteiger charge is -2.23. The number of allylic oxidation sites excluding steroid dienone is 2. The van der Waals surface area contributed by atoms with Crippen molar-refractivity contribution in [2.24, 2.45) is 4.99 Å². The van der Waals surface area contributed by atoms with E-state index in [2.05, 4.69) is 10.3 Å². The van der Waals surface area contributed by atoms with Gasteiger partial charge in [-0.2, -0.15) is 0 Å². The summed E-state index contributed by atoms with van der Waals surface area (Å²) in [6.07, 6.45) is 7.08. The number of hydrogen-bond donors (Lipinski definition) is 1. The van der Waals surface area contributed by atoms with Crippen molar-refractivity contribution >= 4 is 51.3 Å². The number of benzene rings is 2. The Morgan fingerprint density at radius 2 is 1.79 bits per heavy atom. The molecule has 3 aromatic rings. The molecule has 0 saturated carbocycles. The molecular weight excluding hydrogens is 542 g/mol. The number of rotatable bonds is 6. The van der Waals surface area contributed by atoms with Gasteiger partial charge in [-0.15, -0.1) is 22.9 Å². The first-order valence-electron chi connectivity index (χ1n) is 12.4. The number of anilines is 2. The van der Waals surface area contributed by atoms with Crippen molar-refractivity contribution < 1.29 is 18.4 Å². The van der Waals surface area contributed by atoms with Crippen molar-refractivity contribution in [1.82, 2.24) is 4.90 Å². The molecule has 2 amide bonds. The SMILES string of the molecule is CCNc1ccc(-c2sc3c(c2CCl)C(=O)N(C2=NC=CC=CC2)C(=O)CN3Cc2c(F)cccc2F)cc1. The van der Waals surface area contributed by atoms with E-state index in [9.17, 15) is 18.4 Å². The lowest BCUT2D eigenvalue weighted by molar-refractivity contribution is -0.124. The minimum Gasteiger partial charge on any atom is -0.385 e. The molecule has 0 spiro atoms. The van der Waals surface area contributed by atoms with Gasteiger partial charge in [-0.25, -0.2) is 18.7 Å². The number of carbonyl (C=O) groups is 2. The summed E-state index contributed by atoms with van der Waals surface area (Å²) in [6, 6.07) is 11.4. The molecule has 0 aliphatic carbocycles. The van der Waals surface area contributed by atoms with Crippen LogP contribution >= 0.6 is 22.9 Å². The Bertz CT molecular complexity index is 1490. The lowest BCUT2D eigenvalue weighted by Crippen LogP contribution is -2.44. The van der Waals surface area contributed by atoms with Crippen LogP contribution in [-0.2, 0) is 17.2 Å². The highest BCUT2D eigenvalue weighted by Gasteiger charge is 2.39. The Kier molecular flexibility index (Phi) is 7.90. The fourth-order valence-electron chi connectivity index (χ4n) is 4.63. The first-order valence-corrected chi connectivity index (χ1v) is 13.8. The molecular formula is C29H25ClF2N4O2S. The van der Waals surface area contributed by atoms with Crippen molar-refractivity contribution in [1.29, 1.82) is 0 Å². The van der Waals surface area contributed by atoms with Gasteiger partial charge in [0.2, 0.25) is 0 Å². The highest BCUT2D eigenvalue weighted by Crippen LogP contribution is 2.45. The van der Waals surface area contributed by atoms with Crippen LogP contribution < -0.4 is 10.2 Å². The van der Waals surface area contributed by atoms with Crippen molar-refractivity contribution in [3.8, 4) is 10.4 Å². The maximum atomic E-state index is 14.7. The van der Waals surface area contributed by atoms with Gasteiger partial charge in [0.05, 0.1) is 18.7 Å². The molecule has 5 rings (SSSR count). The summed E-state index contributed by atoms with van der Waals surface area (Å²) < 4.78 is 29.4. The number of imide groups is 1. The molecule has 0 saturated heterocycles. The molecule has 2 aliphatic rings. The number of halogens is 3. The summed E-state index contributed by atoms with van der Waals surface area (Å²) in [7, 11) is 0. The predicted molar refractivity (Wildman–Crippen MR) is 152 cm³/mol. The van der Waals surface area contributed by atoms with E-state index in [-0.39, 0.29) is 42.4 Å². The number of amides is 2. The first kappa shape index (κ1) is 26.8. The van der Waals surface area contributed by atoms with Crippen molar-refractivity contribution in [3.05, 3.63) is 95.2 Å². The fourth-order valence-corrected chi connectivity index (χ4v) is 6.29. The van der Waals surface area contributed by atoms with Crippen molar-refractivity contribution in [2.75, 3.05) is 23.3 Å². The summed E-state index contributed by atoms with van der Waals surface area (Å²) in [5.41, 5.74) is 2.39. The summed E-state index contributed by atoms with van der Waals surface area (Å²) in [5.74, 6) is -2.29. The van der Waals surface area contributed by atoms with E-state index in [1.54, 1.807) is 23.1 Å². The molecule has 0 radical (unpaired) electrons. The highest BCUT2D eigenvalue weighted by molar-refractivity contribution is 7.20. The molecule has 0 unspecified atom stereocenters. The second-order valence-electron chi connectivity index (χ2n) is 8.94. The molecule has 3 heterocycles. The zero-order chi connectivity index (χ0) is 27.5. The van der Waals surface area contributed by atoms with Crippen LogP contribution in [0.25, 0.3) is 10.4 Å². The molecule has 10 heteroatoms. The van der Waals surface area contributed by atoms with Crippen LogP contribution in [0, 0.1) is 11.6 Å². The predicted octanol–water partition coefficient (Wildman–Crippen LogP) is 6.73. The average molecular weight is 567 g/mol. The third kappa shape index (κ3) is 5.24. The molecule has 0 atom stereocenters. The summed E-state index contributed by atoms with van der Waals surface area (Å²) in [4.78, 5) is 35.3. The third-order valence-corrected chi connectivity index (χ3v) is 8.06. The maximum absolute atomic E-state index is 14.7. The Morgan fingerprint density at radius 1 is 1.05 bits per heavy atom. The Hall–Kier alpha value is -3.82. The Balaban J connectivity index is 1.67. The quantitative estimate of drug-likeness (QED) is 0.265.